The molecule has 2 rings (SSSR count). The van der Waals surface area contributed by atoms with E-state index in [1.165, 1.54) is 0 Å². The number of carboxylic acids is 1. The molecule has 1 aromatic rings. The van der Waals surface area contributed by atoms with Crippen LogP contribution in [0.3, 0.4) is 0 Å². The molecule has 92 valence electrons. The Morgan fingerprint density at radius 3 is 2.82 bits per heavy atom. The Kier molecular flexibility index (Phi) is 2.95. The number of benzene rings is 1. The summed E-state index contributed by atoms with van der Waals surface area (Å²) in [5, 5.41) is 8.04. The molecule has 0 bridgehead atoms. The molecule has 0 spiro atoms. The summed E-state index contributed by atoms with van der Waals surface area (Å²) in [5.41, 5.74) is 1.85. The van der Waals surface area contributed by atoms with Crippen LogP contribution in [0.2, 0.25) is 0 Å². The van der Waals surface area contributed by atoms with Crippen molar-refractivity contribution in [1.82, 2.24) is 0 Å². The van der Waals surface area contributed by atoms with Crippen molar-refractivity contribution in [2.45, 2.75) is 36.3 Å². The van der Waals surface area contributed by atoms with E-state index in [2.05, 4.69) is 0 Å². The fraction of sp³-hybridized carbons (Fsp3) is 0.417. The molecule has 1 aliphatic rings. The van der Waals surface area contributed by atoms with E-state index in [4.69, 9.17) is 5.11 Å². The molecule has 1 unspecified atom stereocenters. The molecule has 0 radical (unpaired) electrons. The predicted octanol–water partition coefficient (Wildman–Crippen LogP) is 1.56. The smallest absolute Gasteiger partial charge is 0.303 e. The largest absolute Gasteiger partial charge is 0.481 e. The van der Waals surface area contributed by atoms with Crippen molar-refractivity contribution in [1.29, 1.82) is 0 Å². The Labute approximate surface area is 100 Å². The molecule has 1 atom stereocenters. The van der Waals surface area contributed by atoms with Crippen LogP contribution in [-0.2, 0) is 21.1 Å². The maximum Gasteiger partial charge on any atom is 0.303 e. The van der Waals surface area contributed by atoms with Crippen molar-refractivity contribution >= 4 is 15.8 Å². The summed E-state index contributed by atoms with van der Waals surface area (Å²) in [4.78, 5) is 10.9. The van der Waals surface area contributed by atoms with Gasteiger partial charge in [-0.2, -0.15) is 0 Å². The van der Waals surface area contributed by atoms with Crippen LogP contribution in [0.15, 0.2) is 23.1 Å². The van der Waals surface area contributed by atoms with Crippen molar-refractivity contribution in [3.63, 3.8) is 0 Å². The second-order valence-electron chi connectivity index (χ2n) is 4.41. The molecule has 1 aliphatic heterocycles. The summed E-state index contributed by atoms with van der Waals surface area (Å²) < 4.78 is 24.2. The highest BCUT2D eigenvalue weighted by Gasteiger charge is 2.36. The second-order valence-corrected chi connectivity index (χ2v) is 6.61. The number of fused-ring (bicyclic) bond motifs is 1. The minimum Gasteiger partial charge on any atom is -0.481 e. The zero-order chi connectivity index (χ0) is 12.6. The van der Waals surface area contributed by atoms with E-state index in [1.807, 2.05) is 13.0 Å². The molecular weight excluding hydrogens is 240 g/mol. The summed E-state index contributed by atoms with van der Waals surface area (Å²) in [5.74, 6) is -0.952. The number of aryl methyl sites for hydroxylation is 1. The quantitative estimate of drug-likeness (QED) is 0.888. The molecule has 17 heavy (non-hydrogen) atoms. The van der Waals surface area contributed by atoms with Gasteiger partial charge in [-0.25, -0.2) is 8.42 Å². The topological polar surface area (TPSA) is 71.4 Å². The zero-order valence-corrected chi connectivity index (χ0v) is 10.3. The number of carboxylic acid groups (broad SMARTS) is 1. The molecule has 1 aromatic carbocycles. The second kappa shape index (κ2) is 4.14. The van der Waals surface area contributed by atoms with Crippen LogP contribution in [0.5, 0.6) is 0 Å². The third kappa shape index (κ3) is 2.20. The molecule has 4 nitrogen and oxygen atoms in total. The summed E-state index contributed by atoms with van der Waals surface area (Å²) in [7, 11) is -3.32. The Bertz CT molecular complexity index is 560. The van der Waals surface area contributed by atoms with E-state index in [0.29, 0.717) is 11.3 Å². The first-order chi connectivity index (χ1) is 7.91. The van der Waals surface area contributed by atoms with Gasteiger partial charge in [0, 0.05) is 6.42 Å². The van der Waals surface area contributed by atoms with Gasteiger partial charge in [-0.05, 0) is 31.4 Å². The highest BCUT2D eigenvalue weighted by Crippen LogP contribution is 2.33. The summed E-state index contributed by atoms with van der Waals surface area (Å²) in [6.45, 7) is 1.91. The Morgan fingerprint density at radius 1 is 1.47 bits per heavy atom. The third-order valence-electron chi connectivity index (χ3n) is 3.09. The van der Waals surface area contributed by atoms with Gasteiger partial charge in [0.25, 0.3) is 0 Å². The maximum atomic E-state index is 12.1. The molecule has 5 heteroatoms. The van der Waals surface area contributed by atoms with Gasteiger partial charge in [-0.1, -0.05) is 17.7 Å². The molecule has 1 heterocycles. The molecule has 1 N–H and O–H groups in total. The number of rotatable bonds is 3. The molecule has 0 aromatic heterocycles. The SMILES string of the molecule is Cc1ccc2c(c1)CC(CCC(=O)O)S2(=O)=O. The number of aliphatic carboxylic acids is 1. The van der Waals surface area contributed by atoms with Crippen LogP contribution in [0, 0.1) is 6.92 Å². The molecule has 0 saturated heterocycles. The monoisotopic (exact) mass is 254 g/mol. The minimum atomic E-state index is -3.32. The van der Waals surface area contributed by atoms with Gasteiger partial charge in [-0.3, -0.25) is 4.79 Å². The molecule has 0 fully saturated rings. The molecule has 0 saturated carbocycles. The summed E-state index contributed by atoms with van der Waals surface area (Å²) >= 11 is 0. The zero-order valence-electron chi connectivity index (χ0n) is 9.51. The molecular formula is C12H14O4S. The van der Waals surface area contributed by atoms with Crippen LogP contribution in [0.4, 0.5) is 0 Å². The van der Waals surface area contributed by atoms with Crippen LogP contribution < -0.4 is 0 Å². The van der Waals surface area contributed by atoms with Gasteiger partial charge in [0.2, 0.25) is 0 Å². The molecule has 0 amide bonds. The van der Waals surface area contributed by atoms with Crippen LogP contribution in [0.1, 0.15) is 24.0 Å². The Hall–Kier alpha value is -1.36. The van der Waals surface area contributed by atoms with Gasteiger partial charge in [0.05, 0.1) is 10.1 Å². The maximum absolute atomic E-state index is 12.1. The van der Waals surface area contributed by atoms with E-state index in [0.717, 1.165) is 11.1 Å². The lowest BCUT2D eigenvalue weighted by atomic mass is 10.1. The van der Waals surface area contributed by atoms with Crippen LogP contribution >= 0.6 is 0 Å². The first-order valence-corrected chi connectivity index (χ1v) is 7.01. The highest BCUT2D eigenvalue weighted by molar-refractivity contribution is 7.92. The number of hydrogen-bond donors (Lipinski definition) is 1. The van der Waals surface area contributed by atoms with Crippen molar-refractivity contribution < 1.29 is 18.3 Å². The fourth-order valence-electron chi connectivity index (χ4n) is 2.22. The summed E-state index contributed by atoms with van der Waals surface area (Å²) in [6, 6.07) is 5.27. The van der Waals surface area contributed by atoms with Crippen LogP contribution in [0.25, 0.3) is 0 Å². The van der Waals surface area contributed by atoms with E-state index in [1.54, 1.807) is 12.1 Å². The van der Waals surface area contributed by atoms with Gasteiger partial charge < -0.3 is 5.11 Å². The Morgan fingerprint density at radius 2 is 2.18 bits per heavy atom. The van der Waals surface area contributed by atoms with Crippen molar-refractivity contribution in [3.05, 3.63) is 29.3 Å². The number of hydrogen-bond acceptors (Lipinski definition) is 3. The standard InChI is InChI=1S/C12H14O4S/c1-8-2-4-11-9(6-8)7-10(17(11,15)16)3-5-12(13)14/h2,4,6,10H,3,5,7H2,1H3,(H,13,14). The lowest BCUT2D eigenvalue weighted by Crippen LogP contribution is -2.18. The van der Waals surface area contributed by atoms with Gasteiger partial charge in [0.1, 0.15) is 0 Å². The third-order valence-corrected chi connectivity index (χ3v) is 5.38. The van der Waals surface area contributed by atoms with E-state index in [9.17, 15) is 13.2 Å². The normalized spacial score (nSPS) is 21.1. The lowest BCUT2D eigenvalue weighted by Gasteiger charge is -2.06. The van der Waals surface area contributed by atoms with E-state index < -0.39 is 21.1 Å². The average molecular weight is 254 g/mol. The highest BCUT2D eigenvalue weighted by atomic mass is 32.2. The van der Waals surface area contributed by atoms with Gasteiger partial charge in [-0.15, -0.1) is 0 Å². The first-order valence-electron chi connectivity index (χ1n) is 5.46. The van der Waals surface area contributed by atoms with E-state index in [-0.39, 0.29) is 12.8 Å². The average Bonchev–Trinajstić information content (AvgIpc) is 2.46. The Balaban J connectivity index is 2.30. The van der Waals surface area contributed by atoms with E-state index >= 15 is 0 Å². The predicted molar refractivity (Wildman–Crippen MR) is 62.7 cm³/mol. The summed E-state index contributed by atoms with van der Waals surface area (Å²) in [6.07, 6.45) is 0.523. The van der Waals surface area contributed by atoms with Crippen LogP contribution in [-0.4, -0.2) is 24.7 Å². The fourth-order valence-corrected chi connectivity index (χ4v) is 4.17. The first kappa shape index (κ1) is 12.1. The lowest BCUT2D eigenvalue weighted by molar-refractivity contribution is -0.137. The van der Waals surface area contributed by atoms with Crippen molar-refractivity contribution in [3.8, 4) is 0 Å². The van der Waals surface area contributed by atoms with Gasteiger partial charge in [0.15, 0.2) is 9.84 Å². The minimum absolute atomic E-state index is 0.100. The number of sulfone groups is 1. The van der Waals surface area contributed by atoms with Gasteiger partial charge >= 0.3 is 5.97 Å². The number of carbonyl (C=O) groups is 1. The van der Waals surface area contributed by atoms with Crippen molar-refractivity contribution in [2.75, 3.05) is 0 Å². The van der Waals surface area contributed by atoms with Crippen molar-refractivity contribution in [2.24, 2.45) is 0 Å². The molecule has 0 aliphatic carbocycles.